The molecule has 2 heteroatoms. The maximum Gasteiger partial charge on any atom is 0.0427 e. The molecule has 0 aromatic rings. The summed E-state index contributed by atoms with van der Waals surface area (Å²) in [6.07, 6.45) is 11.5. The van der Waals surface area contributed by atoms with E-state index in [1.165, 1.54) is 30.7 Å². The maximum absolute atomic E-state index is 4.51. The van der Waals surface area contributed by atoms with Gasteiger partial charge in [-0.15, -0.1) is 0 Å². The minimum absolute atomic E-state index is 0.326. The van der Waals surface area contributed by atoms with Gasteiger partial charge in [-0.3, -0.25) is 4.99 Å². The molecule has 0 saturated heterocycles. The van der Waals surface area contributed by atoms with Crippen LogP contribution in [0.5, 0.6) is 0 Å². The first-order chi connectivity index (χ1) is 10.9. The Hall–Kier alpha value is -1.31. The highest BCUT2D eigenvalue weighted by Gasteiger charge is 2.50. The molecule has 0 radical (unpaired) electrons. The van der Waals surface area contributed by atoms with Gasteiger partial charge in [0.2, 0.25) is 0 Å². The summed E-state index contributed by atoms with van der Waals surface area (Å²) in [6, 6.07) is 0. The van der Waals surface area contributed by atoms with Crippen LogP contribution >= 0.6 is 0 Å². The van der Waals surface area contributed by atoms with Gasteiger partial charge in [-0.1, -0.05) is 39.7 Å². The highest BCUT2D eigenvalue weighted by molar-refractivity contribution is 5.72. The fourth-order valence-corrected chi connectivity index (χ4v) is 5.12. The molecule has 3 atom stereocenters. The molecular formula is C21H32N2. The number of allylic oxidation sites excluding steroid dienone is 4. The van der Waals surface area contributed by atoms with Crippen molar-refractivity contribution < 1.29 is 0 Å². The van der Waals surface area contributed by atoms with E-state index in [0.29, 0.717) is 5.41 Å². The SMILES string of the molecule is CCCC1C(C)C2CC3=C(C=C2C1(C)C)N/C(C)=C/C=NCC3. The van der Waals surface area contributed by atoms with Crippen LogP contribution in [0.15, 0.2) is 39.7 Å². The molecule has 1 saturated carbocycles. The summed E-state index contributed by atoms with van der Waals surface area (Å²) in [5.74, 6) is 2.33. The van der Waals surface area contributed by atoms with E-state index in [9.17, 15) is 0 Å². The zero-order chi connectivity index (χ0) is 16.6. The van der Waals surface area contributed by atoms with Gasteiger partial charge in [0, 0.05) is 24.2 Å². The number of nitrogens with one attached hydrogen (secondary N) is 1. The number of fused-ring (bicyclic) bond motifs is 1. The number of hydrogen-bond donors (Lipinski definition) is 1. The van der Waals surface area contributed by atoms with E-state index in [-0.39, 0.29) is 0 Å². The van der Waals surface area contributed by atoms with Gasteiger partial charge < -0.3 is 5.32 Å². The Morgan fingerprint density at radius 2 is 2.13 bits per heavy atom. The minimum atomic E-state index is 0.326. The molecule has 2 aliphatic carbocycles. The molecule has 1 N–H and O–H groups in total. The summed E-state index contributed by atoms with van der Waals surface area (Å²) >= 11 is 0. The number of hydrogen-bond acceptors (Lipinski definition) is 2. The lowest BCUT2D eigenvalue weighted by Gasteiger charge is -2.32. The molecule has 3 rings (SSSR count). The van der Waals surface area contributed by atoms with Crippen molar-refractivity contribution in [1.29, 1.82) is 0 Å². The standard InChI is InChI=1S/C21H32N2/c1-6-7-18-15(3)17-12-16-9-11-22-10-8-14(2)23-20(16)13-19(17)21(18,4)5/h8,10,13,15,17-18,23H,6-7,9,11-12H2,1-5H3/b14-8+,22-10?. The molecule has 0 bridgehead atoms. The Morgan fingerprint density at radius 1 is 1.35 bits per heavy atom. The fourth-order valence-electron chi connectivity index (χ4n) is 5.12. The van der Waals surface area contributed by atoms with Crippen LogP contribution in [0.3, 0.4) is 0 Å². The van der Waals surface area contributed by atoms with E-state index >= 15 is 0 Å². The summed E-state index contributed by atoms with van der Waals surface area (Å²) in [7, 11) is 0. The predicted octanol–water partition coefficient (Wildman–Crippen LogP) is 5.25. The molecule has 3 aliphatic rings. The van der Waals surface area contributed by atoms with Gasteiger partial charge in [-0.25, -0.2) is 0 Å². The van der Waals surface area contributed by atoms with Crippen LogP contribution in [0.25, 0.3) is 0 Å². The Bertz CT molecular complexity index is 589. The average molecular weight is 313 g/mol. The Kier molecular flexibility index (Phi) is 4.53. The van der Waals surface area contributed by atoms with Crippen molar-refractivity contribution in [3.8, 4) is 0 Å². The number of rotatable bonds is 2. The first-order valence-corrected chi connectivity index (χ1v) is 9.33. The third-order valence-corrected chi connectivity index (χ3v) is 6.39. The highest BCUT2D eigenvalue weighted by atomic mass is 14.9. The molecule has 1 fully saturated rings. The molecule has 126 valence electrons. The van der Waals surface area contributed by atoms with E-state index in [2.05, 4.69) is 57.1 Å². The van der Waals surface area contributed by atoms with Gasteiger partial charge in [0.1, 0.15) is 0 Å². The van der Waals surface area contributed by atoms with Gasteiger partial charge in [0.15, 0.2) is 0 Å². The molecule has 3 unspecified atom stereocenters. The Balaban J connectivity index is 1.97. The molecule has 0 aromatic carbocycles. The zero-order valence-corrected chi connectivity index (χ0v) is 15.4. The van der Waals surface area contributed by atoms with E-state index in [1.807, 2.05) is 6.21 Å². The summed E-state index contributed by atoms with van der Waals surface area (Å²) in [5.41, 5.74) is 6.13. The maximum atomic E-state index is 4.51. The van der Waals surface area contributed by atoms with Gasteiger partial charge >= 0.3 is 0 Å². The van der Waals surface area contributed by atoms with Gasteiger partial charge in [0.25, 0.3) is 0 Å². The Labute approximate surface area is 141 Å². The molecule has 1 heterocycles. The van der Waals surface area contributed by atoms with Crippen LogP contribution in [0.2, 0.25) is 0 Å². The van der Waals surface area contributed by atoms with E-state index in [1.54, 1.807) is 11.1 Å². The van der Waals surface area contributed by atoms with Crippen LogP contribution in [-0.4, -0.2) is 12.8 Å². The van der Waals surface area contributed by atoms with Gasteiger partial charge in [-0.2, -0.15) is 0 Å². The third kappa shape index (κ3) is 2.93. The zero-order valence-electron chi connectivity index (χ0n) is 15.4. The van der Waals surface area contributed by atoms with E-state index in [0.717, 1.165) is 30.7 Å². The van der Waals surface area contributed by atoms with Gasteiger partial charge in [0.05, 0.1) is 0 Å². The first-order valence-electron chi connectivity index (χ1n) is 9.33. The quantitative estimate of drug-likeness (QED) is 0.740. The lowest BCUT2D eigenvalue weighted by Crippen LogP contribution is -2.23. The lowest BCUT2D eigenvalue weighted by molar-refractivity contribution is 0.223. The molecule has 2 nitrogen and oxygen atoms in total. The summed E-state index contributed by atoms with van der Waals surface area (Å²) in [5, 5.41) is 3.65. The van der Waals surface area contributed by atoms with Crippen LogP contribution in [0, 0.1) is 23.2 Å². The van der Waals surface area contributed by atoms with Crippen molar-refractivity contribution in [2.45, 2.75) is 60.3 Å². The van der Waals surface area contributed by atoms with Crippen LogP contribution in [0.1, 0.15) is 60.3 Å². The van der Waals surface area contributed by atoms with Crippen LogP contribution in [0.4, 0.5) is 0 Å². The second kappa shape index (κ2) is 6.30. The summed E-state index contributed by atoms with van der Waals surface area (Å²) in [4.78, 5) is 4.51. The topological polar surface area (TPSA) is 24.4 Å². The van der Waals surface area contributed by atoms with Crippen LogP contribution in [-0.2, 0) is 0 Å². The normalized spacial score (nSPS) is 35.1. The van der Waals surface area contributed by atoms with E-state index < -0.39 is 0 Å². The molecule has 0 spiro atoms. The molecular weight excluding hydrogens is 280 g/mol. The number of nitrogens with zero attached hydrogens (tertiary/aromatic N) is 1. The second-order valence-corrected chi connectivity index (χ2v) is 8.18. The first kappa shape index (κ1) is 16.5. The number of aliphatic imine (C=N–C) groups is 1. The second-order valence-electron chi connectivity index (χ2n) is 8.18. The molecule has 0 amide bonds. The van der Waals surface area contributed by atoms with Crippen molar-refractivity contribution in [3.05, 3.63) is 34.7 Å². The van der Waals surface area contributed by atoms with Gasteiger partial charge in [-0.05, 0) is 67.1 Å². The summed E-state index contributed by atoms with van der Waals surface area (Å²) in [6.45, 7) is 12.8. The average Bonchev–Trinajstić information content (AvgIpc) is 2.73. The van der Waals surface area contributed by atoms with Crippen molar-refractivity contribution in [1.82, 2.24) is 5.32 Å². The smallest absolute Gasteiger partial charge is 0.0427 e. The lowest BCUT2D eigenvalue weighted by atomic mass is 9.74. The van der Waals surface area contributed by atoms with Crippen molar-refractivity contribution in [2.24, 2.45) is 28.2 Å². The van der Waals surface area contributed by atoms with E-state index in [4.69, 9.17) is 0 Å². The molecule has 0 aromatic heterocycles. The van der Waals surface area contributed by atoms with Crippen molar-refractivity contribution in [3.63, 3.8) is 0 Å². The molecule has 23 heavy (non-hydrogen) atoms. The van der Waals surface area contributed by atoms with Crippen LogP contribution < -0.4 is 5.32 Å². The third-order valence-electron chi connectivity index (χ3n) is 6.39. The Morgan fingerprint density at radius 3 is 2.87 bits per heavy atom. The predicted molar refractivity (Wildman–Crippen MR) is 99.4 cm³/mol. The summed E-state index contributed by atoms with van der Waals surface area (Å²) < 4.78 is 0. The monoisotopic (exact) mass is 312 g/mol. The minimum Gasteiger partial charge on any atom is -0.359 e. The fraction of sp³-hybridized carbons (Fsp3) is 0.667. The highest BCUT2D eigenvalue weighted by Crippen LogP contribution is 2.58. The largest absolute Gasteiger partial charge is 0.359 e. The van der Waals surface area contributed by atoms with Crippen molar-refractivity contribution >= 4 is 6.21 Å². The molecule has 1 aliphatic heterocycles. The van der Waals surface area contributed by atoms with Crippen molar-refractivity contribution in [2.75, 3.05) is 6.54 Å².